The molecule has 0 radical (unpaired) electrons. The summed E-state index contributed by atoms with van der Waals surface area (Å²) in [5.41, 5.74) is 0.429. The van der Waals surface area contributed by atoms with Crippen LogP contribution < -0.4 is 4.90 Å². The minimum absolute atomic E-state index is 0.190. The number of rotatable bonds is 3. The minimum Gasteiger partial charge on any atom is -0.396 e. The highest BCUT2D eigenvalue weighted by atomic mass is 19.1. The van der Waals surface area contributed by atoms with Gasteiger partial charge in [0.05, 0.1) is 19.7 Å². The maximum Gasteiger partial charge on any atom is 0.132 e. The van der Waals surface area contributed by atoms with Crippen molar-refractivity contribution in [1.29, 1.82) is 0 Å². The van der Waals surface area contributed by atoms with Gasteiger partial charge in [-0.2, -0.15) is 0 Å². The first-order valence-electron chi connectivity index (χ1n) is 6.07. The number of halogens is 2. The molecule has 0 amide bonds. The molecule has 2 rings (SSSR count). The highest BCUT2D eigenvalue weighted by Crippen LogP contribution is 2.10. The van der Waals surface area contributed by atoms with Crippen LogP contribution in [-0.2, 0) is 6.54 Å². The molecule has 1 aliphatic rings. The number of quaternary nitrogens is 1. The summed E-state index contributed by atoms with van der Waals surface area (Å²) in [4.78, 5) is 1.22. The molecule has 1 aromatic rings. The van der Waals surface area contributed by atoms with Crippen molar-refractivity contribution in [3.63, 3.8) is 0 Å². The van der Waals surface area contributed by atoms with E-state index in [-0.39, 0.29) is 12.4 Å². The largest absolute Gasteiger partial charge is 0.396 e. The zero-order valence-corrected chi connectivity index (χ0v) is 9.76. The van der Waals surface area contributed by atoms with E-state index in [9.17, 15) is 8.78 Å². The Balaban J connectivity index is 2.02. The highest BCUT2D eigenvalue weighted by Gasteiger charge is 2.23. The van der Waals surface area contributed by atoms with Gasteiger partial charge in [-0.1, -0.05) is 0 Å². The van der Waals surface area contributed by atoms with Gasteiger partial charge in [0, 0.05) is 11.5 Å². The standard InChI is InChI=1S/C13H17F2NO/c14-12-3-4-13(15)11(6-12)8-16-5-1-2-10(7-16)9-17/h3-4,6,10,17H,1-2,5,7-9H2/p+1/t10-/m0/s1. The van der Waals surface area contributed by atoms with E-state index in [1.165, 1.54) is 17.0 Å². The van der Waals surface area contributed by atoms with Gasteiger partial charge in [-0.15, -0.1) is 0 Å². The lowest BCUT2D eigenvalue weighted by Gasteiger charge is -2.28. The molecule has 2 N–H and O–H groups in total. The molecule has 17 heavy (non-hydrogen) atoms. The van der Waals surface area contributed by atoms with Gasteiger partial charge in [0.1, 0.15) is 18.2 Å². The molecule has 2 atom stereocenters. The summed E-state index contributed by atoms with van der Waals surface area (Å²) >= 11 is 0. The predicted octanol–water partition coefficient (Wildman–Crippen LogP) is 0.752. The average Bonchev–Trinajstić information content (AvgIpc) is 2.34. The van der Waals surface area contributed by atoms with Crippen molar-refractivity contribution in [2.45, 2.75) is 19.4 Å². The average molecular weight is 242 g/mol. The van der Waals surface area contributed by atoms with Crippen molar-refractivity contribution >= 4 is 0 Å². The fraction of sp³-hybridized carbons (Fsp3) is 0.538. The van der Waals surface area contributed by atoms with Crippen LogP contribution in [0.4, 0.5) is 8.78 Å². The Kier molecular flexibility index (Phi) is 4.07. The zero-order chi connectivity index (χ0) is 12.3. The summed E-state index contributed by atoms with van der Waals surface area (Å²) in [6.45, 7) is 2.49. The summed E-state index contributed by atoms with van der Waals surface area (Å²) in [6, 6.07) is 3.59. The predicted molar refractivity (Wildman–Crippen MR) is 60.6 cm³/mol. The van der Waals surface area contributed by atoms with Gasteiger partial charge in [0.25, 0.3) is 0 Å². The molecule has 1 unspecified atom stereocenters. The van der Waals surface area contributed by atoms with E-state index in [4.69, 9.17) is 5.11 Å². The second kappa shape index (κ2) is 5.56. The smallest absolute Gasteiger partial charge is 0.132 e. The Labute approximate surface area is 99.9 Å². The normalized spacial score (nSPS) is 24.9. The van der Waals surface area contributed by atoms with Gasteiger partial charge < -0.3 is 10.0 Å². The SMILES string of the molecule is OC[C@H]1CCC[NH+](Cc2cc(F)ccc2F)C1. The lowest BCUT2D eigenvalue weighted by molar-refractivity contribution is -0.922. The molecule has 0 aromatic heterocycles. The molecule has 1 saturated heterocycles. The van der Waals surface area contributed by atoms with Crippen molar-refractivity contribution in [3.05, 3.63) is 35.4 Å². The van der Waals surface area contributed by atoms with Crippen LogP contribution in [0.2, 0.25) is 0 Å². The molecule has 4 heteroatoms. The molecule has 1 aromatic carbocycles. The number of benzene rings is 1. The first-order chi connectivity index (χ1) is 8.19. The molecule has 0 spiro atoms. The number of aliphatic hydroxyl groups excluding tert-OH is 1. The van der Waals surface area contributed by atoms with Crippen LogP contribution in [0.25, 0.3) is 0 Å². The van der Waals surface area contributed by atoms with E-state index in [0.717, 1.165) is 32.0 Å². The maximum absolute atomic E-state index is 13.5. The Morgan fingerprint density at radius 2 is 2.18 bits per heavy atom. The van der Waals surface area contributed by atoms with Crippen LogP contribution in [0, 0.1) is 17.6 Å². The van der Waals surface area contributed by atoms with Crippen molar-refractivity contribution in [3.8, 4) is 0 Å². The second-order valence-electron chi connectivity index (χ2n) is 4.81. The molecule has 1 fully saturated rings. The van der Waals surface area contributed by atoms with Crippen LogP contribution in [0.1, 0.15) is 18.4 Å². The van der Waals surface area contributed by atoms with Gasteiger partial charge in [-0.05, 0) is 31.0 Å². The van der Waals surface area contributed by atoms with E-state index in [1.54, 1.807) is 0 Å². The number of aliphatic hydroxyl groups is 1. The van der Waals surface area contributed by atoms with Gasteiger partial charge in [0.2, 0.25) is 0 Å². The van der Waals surface area contributed by atoms with Gasteiger partial charge in [-0.3, -0.25) is 0 Å². The second-order valence-corrected chi connectivity index (χ2v) is 4.81. The molecule has 0 aliphatic carbocycles. The molecule has 1 heterocycles. The number of nitrogens with one attached hydrogen (secondary N) is 1. The lowest BCUT2D eigenvalue weighted by atomic mass is 9.98. The third-order valence-electron chi connectivity index (χ3n) is 3.43. The molecule has 1 aliphatic heterocycles. The number of piperidine rings is 1. The molecule has 94 valence electrons. The quantitative estimate of drug-likeness (QED) is 0.803. The van der Waals surface area contributed by atoms with Crippen molar-refractivity contribution in [2.24, 2.45) is 5.92 Å². The van der Waals surface area contributed by atoms with E-state index in [0.29, 0.717) is 18.0 Å². The van der Waals surface area contributed by atoms with Crippen LogP contribution in [0.5, 0.6) is 0 Å². The molecule has 2 nitrogen and oxygen atoms in total. The first kappa shape index (κ1) is 12.5. The van der Waals surface area contributed by atoms with Crippen LogP contribution in [0.3, 0.4) is 0 Å². The number of hydrogen-bond acceptors (Lipinski definition) is 1. The molecular formula is C13H18F2NO+. The van der Waals surface area contributed by atoms with E-state index in [1.807, 2.05) is 0 Å². The third-order valence-corrected chi connectivity index (χ3v) is 3.43. The van der Waals surface area contributed by atoms with Crippen molar-refractivity contribution in [2.75, 3.05) is 19.7 Å². The van der Waals surface area contributed by atoms with Gasteiger partial charge >= 0.3 is 0 Å². The fourth-order valence-corrected chi connectivity index (χ4v) is 2.52. The topological polar surface area (TPSA) is 24.7 Å². The summed E-state index contributed by atoms with van der Waals surface area (Å²) in [5, 5.41) is 9.13. The summed E-state index contributed by atoms with van der Waals surface area (Å²) in [5.74, 6) is -0.433. The van der Waals surface area contributed by atoms with Crippen molar-refractivity contribution in [1.82, 2.24) is 0 Å². The van der Waals surface area contributed by atoms with Gasteiger partial charge in [-0.25, -0.2) is 8.78 Å². The molecular weight excluding hydrogens is 224 g/mol. The van der Waals surface area contributed by atoms with E-state index in [2.05, 4.69) is 0 Å². The Bertz CT molecular complexity index is 384. The molecule has 0 saturated carbocycles. The van der Waals surface area contributed by atoms with Crippen molar-refractivity contribution < 1.29 is 18.8 Å². The van der Waals surface area contributed by atoms with E-state index < -0.39 is 5.82 Å². The zero-order valence-electron chi connectivity index (χ0n) is 9.76. The van der Waals surface area contributed by atoms with Crippen LogP contribution in [-0.4, -0.2) is 24.8 Å². The number of hydrogen-bond donors (Lipinski definition) is 2. The summed E-state index contributed by atoms with van der Waals surface area (Å²) in [6.07, 6.45) is 2.07. The van der Waals surface area contributed by atoms with Crippen LogP contribution >= 0.6 is 0 Å². The Hall–Kier alpha value is -1.00. The third kappa shape index (κ3) is 3.23. The Morgan fingerprint density at radius 3 is 2.94 bits per heavy atom. The Morgan fingerprint density at radius 1 is 1.35 bits per heavy atom. The number of likely N-dealkylation sites (tertiary alicyclic amines) is 1. The monoisotopic (exact) mass is 242 g/mol. The molecule has 0 bridgehead atoms. The first-order valence-corrected chi connectivity index (χ1v) is 6.07. The fourth-order valence-electron chi connectivity index (χ4n) is 2.52. The van der Waals surface area contributed by atoms with Gasteiger partial charge in [0.15, 0.2) is 0 Å². The minimum atomic E-state index is -0.392. The summed E-state index contributed by atoms with van der Waals surface area (Å²) < 4.78 is 26.5. The highest BCUT2D eigenvalue weighted by molar-refractivity contribution is 5.17. The van der Waals surface area contributed by atoms with E-state index >= 15 is 0 Å². The lowest BCUT2D eigenvalue weighted by Crippen LogP contribution is -3.12. The maximum atomic E-state index is 13.5. The van der Waals surface area contributed by atoms with Crippen LogP contribution in [0.15, 0.2) is 18.2 Å². The summed E-state index contributed by atoms with van der Waals surface area (Å²) in [7, 11) is 0.